The van der Waals surface area contributed by atoms with E-state index in [0.29, 0.717) is 42.2 Å². The highest BCUT2D eigenvalue weighted by Gasteiger charge is 2.31. The summed E-state index contributed by atoms with van der Waals surface area (Å²) in [5.41, 5.74) is 5.79. The van der Waals surface area contributed by atoms with Crippen molar-refractivity contribution in [2.75, 3.05) is 28.4 Å². The number of hydrogen-bond acceptors (Lipinski definition) is 7. The minimum Gasteiger partial charge on any atom is -0.497 e. The first-order valence-electron chi connectivity index (χ1n) is 11.4. The molecule has 0 saturated carbocycles. The Morgan fingerprint density at radius 3 is 2.40 bits per heavy atom. The van der Waals surface area contributed by atoms with E-state index >= 15 is 0 Å². The molecular weight excluding hydrogens is 446 g/mol. The fourth-order valence-corrected chi connectivity index (χ4v) is 4.78. The predicted octanol–water partition coefficient (Wildman–Crippen LogP) is 4.48. The first kappa shape index (κ1) is 22.9. The van der Waals surface area contributed by atoms with Crippen LogP contribution in [0.1, 0.15) is 39.6 Å². The van der Waals surface area contributed by atoms with Crippen molar-refractivity contribution in [2.45, 2.75) is 25.4 Å². The first-order valence-corrected chi connectivity index (χ1v) is 11.4. The lowest BCUT2D eigenvalue weighted by atomic mass is 9.82. The molecule has 1 unspecified atom stereocenters. The molecule has 180 valence electrons. The molecule has 2 heterocycles. The average Bonchev–Trinajstić information content (AvgIpc) is 3.27. The van der Waals surface area contributed by atoms with Gasteiger partial charge in [0.15, 0.2) is 22.9 Å². The molecule has 0 radical (unpaired) electrons. The van der Waals surface area contributed by atoms with Crippen LogP contribution in [0.2, 0.25) is 0 Å². The molecule has 2 aromatic carbocycles. The highest BCUT2D eigenvalue weighted by molar-refractivity contribution is 5.99. The number of fused-ring (bicyclic) bond motifs is 3. The Balaban J connectivity index is 1.62. The summed E-state index contributed by atoms with van der Waals surface area (Å²) in [6, 6.07) is 13.6. The number of carbonyl (C=O) groups is 1. The second-order valence-corrected chi connectivity index (χ2v) is 8.48. The van der Waals surface area contributed by atoms with E-state index < -0.39 is 0 Å². The molecule has 1 aliphatic rings. The third-order valence-electron chi connectivity index (χ3n) is 6.53. The van der Waals surface area contributed by atoms with Crippen molar-refractivity contribution in [2.24, 2.45) is 0 Å². The van der Waals surface area contributed by atoms with Crippen molar-refractivity contribution in [1.82, 2.24) is 14.6 Å². The maximum atomic E-state index is 13.2. The summed E-state index contributed by atoms with van der Waals surface area (Å²) >= 11 is 0. The molecule has 2 aromatic heterocycles. The molecular formula is C27H27N3O5. The molecule has 0 fully saturated rings. The van der Waals surface area contributed by atoms with Crippen molar-refractivity contribution in [1.29, 1.82) is 0 Å². The minimum absolute atomic E-state index is 0.0140. The third kappa shape index (κ3) is 4.00. The second-order valence-electron chi connectivity index (χ2n) is 8.48. The molecule has 1 atom stereocenters. The van der Waals surface area contributed by atoms with E-state index in [2.05, 4.69) is 4.98 Å². The van der Waals surface area contributed by atoms with E-state index in [4.69, 9.17) is 24.0 Å². The number of ketones is 1. The molecule has 0 spiro atoms. The molecule has 0 N–H and O–H groups in total. The van der Waals surface area contributed by atoms with Crippen molar-refractivity contribution in [3.63, 3.8) is 0 Å². The largest absolute Gasteiger partial charge is 0.497 e. The predicted molar refractivity (Wildman–Crippen MR) is 131 cm³/mol. The summed E-state index contributed by atoms with van der Waals surface area (Å²) in [5.74, 6) is 2.11. The summed E-state index contributed by atoms with van der Waals surface area (Å²) < 4.78 is 23.4. The summed E-state index contributed by atoms with van der Waals surface area (Å²) in [4.78, 5) is 17.8. The Labute approximate surface area is 203 Å². The van der Waals surface area contributed by atoms with Crippen molar-refractivity contribution in [3.05, 3.63) is 71.2 Å². The van der Waals surface area contributed by atoms with E-state index in [1.165, 1.54) is 0 Å². The van der Waals surface area contributed by atoms with E-state index in [1.54, 1.807) is 34.6 Å². The fraction of sp³-hybridized carbons (Fsp3) is 0.296. The Bertz CT molecular complexity index is 1390. The summed E-state index contributed by atoms with van der Waals surface area (Å²) in [7, 11) is 6.50. The molecule has 0 amide bonds. The molecule has 0 aliphatic heterocycles. The van der Waals surface area contributed by atoms with Crippen LogP contribution in [0.3, 0.4) is 0 Å². The molecule has 8 heteroatoms. The van der Waals surface area contributed by atoms with Gasteiger partial charge in [0.2, 0.25) is 0 Å². The topological polar surface area (TPSA) is 84.2 Å². The van der Waals surface area contributed by atoms with Gasteiger partial charge in [-0.3, -0.25) is 4.79 Å². The van der Waals surface area contributed by atoms with Gasteiger partial charge in [0.25, 0.3) is 0 Å². The van der Waals surface area contributed by atoms with Crippen LogP contribution in [0, 0.1) is 0 Å². The highest BCUT2D eigenvalue weighted by Crippen LogP contribution is 2.38. The second kappa shape index (κ2) is 9.38. The first-order chi connectivity index (χ1) is 17.1. The Kier molecular flexibility index (Phi) is 6.13. The number of nitrogens with zero attached hydrogens (tertiary/aromatic N) is 3. The van der Waals surface area contributed by atoms with Crippen LogP contribution in [-0.2, 0) is 17.8 Å². The molecule has 1 aliphatic carbocycles. The van der Waals surface area contributed by atoms with Gasteiger partial charge in [0.1, 0.15) is 5.75 Å². The number of carbonyl (C=O) groups excluding carboxylic acids is 1. The zero-order valence-electron chi connectivity index (χ0n) is 20.2. The van der Waals surface area contributed by atoms with E-state index in [9.17, 15) is 4.79 Å². The van der Waals surface area contributed by atoms with E-state index in [1.807, 2.05) is 47.0 Å². The van der Waals surface area contributed by atoms with E-state index in [0.717, 1.165) is 33.8 Å². The number of hydrogen-bond donors (Lipinski definition) is 0. The average molecular weight is 474 g/mol. The lowest BCUT2D eigenvalue weighted by molar-refractivity contribution is 0.0962. The van der Waals surface area contributed by atoms with Gasteiger partial charge < -0.3 is 18.9 Å². The van der Waals surface area contributed by atoms with Gasteiger partial charge in [0, 0.05) is 19.7 Å². The summed E-state index contributed by atoms with van der Waals surface area (Å²) in [6.45, 7) is 0.326. The van der Waals surface area contributed by atoms with Crippen molar-refractivity contribution >= 4 is 11.4 Å². The van der Waals surface area contributed by atoms with Crippen molar-refractivity contribution in [3.8, 4) is 28.4 Å². The summed E-state index contributed by atoms with van der Waals surface area (Å²) in [5, 5.41) is 4.86. The third-order valence-corrected chi connectivity index (χ3v) is 6.53. The van der Waals surface area contributed by atoms with Crippen LogP contribution < -0.4 is 14.2 Å². The van der Waals surface area contributed by atoms with Gasteiger partial charge in [-0.1, -0.05) is 18.2 Å². The van der Waals surface area contributed by atoms with E-state index in [-0.39, 0.29) is 11.7 Å². The van der Waals surface area contributed by atoms with Crippen molar-refractivity contribution < 1.29 is 23.7 Å². The number of ether oxygens (including phenoxy) is 4. The number of benzene rings is 2. The molecule has 35 heavy (non-hydrogen) atoms. The quantitative estimate of drug-likeness (QED) is 0.391. The van der Waals surface area contributed by atoms with Crippen LogP contribution in [-0.4, -0.2) is 48.8 Å². The highest BCUT2D eigenvalue weighted by atomic mass is 16.5. The summed E-state index contributed by atoms with van der Waals surface area (Å²) in [6.07, 6.45) is 2.72. The monoisotopic (exact) mass is 473 g/mol. The smallest absolute Gasteiger partial charge is 0.166 e. The number of rotatable bonds is 7. The maximum Gasteiger partial charge on any atom is 0.166 e. The molecule has 8 nitrogen and oxygen atoms in total. The number of Topliss-reactive ketones (excluding diaryl/α,β-unsaturated/α-hetero) is 1. The Morgan fingerprint density at radius 1 is 0.943 bits per heavy atom. The van der Waals surface area contributed by atoms with Crippen LogP contribution in [0.15, 0.2) is 48.7 Å². The standard InChI is InChI=1S/C27H27N3O5/c1-32-15-21-26(16-5-8-19(33-2)9-6-16)27-28-14-20-22(30(27)29-21)11-18(12-23(20)31)17-7-10-24(34-3)25(13-17)35-4/h5-10,13-14,18H,11-12,15H2,1-4H3. The number of methoxy groups -OCH3 is 4. The molecule has 4 aromatic rings. The Hall–Kier alpha value is -3.91. The lowest BCUT2D eigenvalue weighted by Crippen LogP contribution is -2.22. The van der Waals surface area contributed by atoms with Crippen LogP contribution in [0.4, 0.5) is 0 Å². The van der Waals surface area contributed by atoms with Gasteiger partial charge in [0.05, 0.1) is 50.5 Å². The van der Waals surface area contributed by atoms with Gasteiger partial charge in [-0.2, -0.15) is 5.10 Å². The van der Waals surface area contributed by atoms with Gasteiger partial charge in [-0.25, -0.2) is 9.50 Å². The lowest BCUT2D eigenvalue weighted by Gasteiger charge is -2.24. The van der Waals surface area contributed by atoms with Crippen LogP contribution >= 0.6 is 0 Å². The normalized spacial score (nSPS) is 15.2. The zero-order valence-corrected chi connectivity index (χ0v) is 20.2. The SMILES string of the molecule is COCc1nn2c3c(cnc2c1-c1ccc(OC)cc1)C(=O)CC(c1ccc(OC)c(OC)c1)C3. The number of aromatic nitrogens is 3. The fourth-order valence-electron chi connectivity index (χ4n) is 4.78. The molecule has 0 saturated heterocycles. The minimum atomic E-state index is -0.0140. The molecule has 5 rings (SSSR count). The van der Waals surface area contributed by atoms with Gasteiger partial charge in [-0.05, 0) is 47.7 Å². The van der Waals surface area contributed by atoms with Gasteiger partial charge >= 0.3 is 0 Å². The zero-order chi connectivity index (χ0) is 24.5. The van der Waals surface area contributed by atoms with Gasteiger partial charge in [-0.15, -0.1) is 0 Å². The van der Waals surface area contributed by atoms with Crippen LogP contribution in [0.25, 0.3) is 16.8 Å². The Morgan fingerprint density at radius 2 is 1.71 bits per heavy atom. The molecule has 0 bridgehead atoms. The maximum absolute atomic E-state index is 13.2. The van der Waals surface area contributed by atoms with Crippen LogP contribution in [0.5, 0.6) is 17.2 Å².